The molecule has 0 atom stereocenters. The van der Waals surface area contributed by atoms with Crippen molar-refractivity contribution in [3.05, 3.63) is 95.6 Å². The number of fused-ring (bicyclic) bond motifs is 4. The summed E-state index contributed by atoms with van der Waals surface area (Å²) in [5, 5.41) is 2.01. The van der Waals surface area contributed by atoms with E-state index in [-0.39, 0.29) is 24.7 Å². The number of alkyl halides is 6. The molecule has 2 aromatic heterocycles. The number of benzene rings is 4. The van der Waals surface area contributed by atoms with Crippen molar-refractivity contribution in [3.63, 3.8) is 0 Å². The normalized spacial score (nSPS) is 20.6. The first-order valence-corrected chi connectivity index (χ1v) is 20.2. The van der Waals surface area contributed by atoms with Crippen LogP contribution in [0.3, 0.4) is 0 Å². The lowest BCUT2D eigenvalue weighted by Crippen LogP contribution is -2.56. The van der Waals surface area contributed by atoms with Crippen molar-refractivity contribution in [2.45, 2.75) is 124 Å². The Hall–Kier alpha value is -4.27. The van der Waals surface area contributed by atoms with Crippen LogP contribution in [0, 0.1) is 21.7 Å². The summed E-state index contributed by atoms with van der Waals surface area (Å²) in [6, 6.07) is 26.5. The summed E-state index contributed by atoms with van der Waals surface area (Å²) < 4.78 is 105. The van der Waals surface area contributed by atoms with Crippen LogP contribution >= 0.6 is 0 Å². The average molecular weight is 788 g/mol. The van der Waals surface area contributed by atoms with E-state index in [1.54, 1.807) is 0 Å². The van der Waals surface area contributed by atoms with Gasteiger partial charge in [-0.05, 0) is 113 Å². The molecule has 57 heavy (non-hydrogen) atoms. The zero-order chi connectivity index (χ0) is 42.0. The van der Waals surface area contributed by atoms with Gasteiger partial charge in [0.05, 0.1) is 22.3 Å². The molecule has 8 rings (SSSR count). The van der Waals surface area contributed by atoms with E-state index in [0.717, 1.165) is 66.7 Å². The number of para-hydroxylation sites is 4. The van der Waals surface area contributed by atoms with Gasteiger partial charge >= 0.3 is 12.4 Å². The van der Waals surface area contributed by atoms with Crippen LogP contribution in [0.5, 0.6) is 0 Å². The van der Waals surface area contributed by atoms with Crippen LogP contribution in [-0.4, -0.2) is 21.9 Å². The van der Waals surface area contributed by atoms with E-state index in [0.29, 0.717) is 12.8 Å². The van der Waals surface area contributed by atoms with E-state index in [1.165, 1.54) is 0 Å². The Morgan fingerprint density at radius 1 is 0.719 bits per heavy atom. The maximum atomic E-state index is 14.2. The number of aromatic nitrogens is 2. The van der Waals surface area contributed by atoms with Crippen molar-refractivity contribution >= 4 is 33.0 Å². The molecule has 1 spiro atoms. The molecule has 0 amide bonds. The number of halogens is 6. The van der Waals surface area contributed by atoms with Gasteiger partial charge in [-0.2, -0.15) is 26.3 Å². The molecule has 0 saturated heterocycles. The second kappa shape index (κ2) is 13.1. The van der Waals surface area contributed by atoms with Crippen molar-refractivity contribution < 1.29 is 32.1 Å². The molecule has 2 saturated carbocycles. The Kier molecular flexibility index (Phi) is 8.81. The molecule has 0 aliphatic heterocycles. The fourth-order valence-corrected chi connectivity index (χ4v) is 11.4. The first-order chi connectivity index (χ1) is 27.0. The quantitative estimate of drug-likeness (QED) is 0.163. The van der Waals surface area contributed by atoms with Crippen molar-refractivity contribution in [1.82, 2.24) is 9.55 Å². The lowest BCUT2D eigenvalue weighted by molar-refractivity contribution is -0.355. The molecule has 302 valence electrons. The minimum absolute atomic E-state index is 0.00409. The highest BCUT2D eigenvalue weighted by Crippen LogP contribution is 2.69. The molecular weight excluding hydrogens is 735 g/mol. The lowest BCUT2D eigenvalue weighted by atomic mass is 9.44. The van der Waals surface area contributed by atoms with E-state index >= 15 is 0 Å². The Labute approximate surface area is 332 Å². The summed E-state index contributed by atoms with van der Waals surface area (Å²) in [6.45, 7) is 16.5. The molecule has 3 nitrogen and oxygen atoms in total. The Morgan fingerprint density at radius 2 is 1.26 bits per heavy atom. The molecule has 9 heteroatoms. The molecule has 4 aromatic carbocycles. The minimum Gasteiger partial charge on any atom is -0.455 e. The molecule has 2 fully saturated rings. The second-order valence-corrected chi connectivity index (χ2v) is 18.9. The van der Waals surface area contributed by atoms with Gasteiger partial charge < -0.3 is 4.42 Å². The van der Waals surface area contributed by atoms with Crippen LogP contribution in [0.1, 0.15) is 130 Å². The van der Waals surface area contributed by atoms with E-state index in [9.17, 15) is 27.7 Å². The number of hydrogen-bond donors (Lipinski definition) is 0. The van der Waals surface area contributed by atoms with Crippen LogP contribution < -0.4 is 0 Å². The summed E-state index contributed by atoms with van der Waals surface area (Å²) in [7, 11) is 0. The van der Waals surface area contributed by atoms with Crippen molar-refractivity contribution in [1.29, 1.82) is 0 Å². The first-order valence-electron chi connectivity index (χ1n) is 20.7. The predicted octanol–water partition coefficient (Wildman–Crippen LogP) is 15.4. The number of nitrogens with zero attached hydrogens (tertiary/aromatic N) is 2. The molecule has 0 bridgehead atoms. The third kappa shape index (κ3) is 6.19. The smallest absolute Gasteiger partial charge is 0.403 e. The highest BCUT2D eigenvalue weighted by atomic mass is 19.4. The lowest BCUT2D eigenvalue weighted by Gasteiger charge is -2.60. The maximum absolute atomic E-state index is 14.2. The molecular formula is C48H52F6N2O. The molecule has 6 aromatic rings. The fraction of sp³-hybridized carbons (Fsp3) is 0.479. The standard InChI is InChI=1S/C48H52F6N2O/c1-28(2)34-24-30(41-43(5,6)26-45(27-44(41,7)8)20-22-46(23-21-45,47(49,50)51)48(52,53)54)25-35(29(3)4)39(34)56-37-18-11-10-17-36(37)55-42(56)33-16-13-15-32-31-14-9-12-19-38(31)57-40(32)33/h9-19,24-25,28-29,41H,20-23,26-27H2,1-8H3/i41D. The largest absolute Gasteiger partial charge is 0.455 e. The zero-order valence-corrected chi connectivity index (χ0v) is 34.0. The number of imidazole rings is 1. The van der Waals surface area contributed by atoms with Crippen LogP contribution in [-0.2, 0) is 0 Å². The number of furan rings is 1. The Bertz CT molecular complexity index is 2480. The van der Waals surface area contributed by atoms with Gasteiger partial charge in [0.2, 0.25) is 0 Å². The van der Waals surface area contributed by atoms with Gasteiger partial charge in [0.25, 0.3) is 0 Å². The molecule has 2 aliphatic rings. The summed E-state index contributed by atoms with van der Waals surface area (Å²) in [6.07, 6.45) is -12.4. The van der Waals surface area contributed by atoms with Gasteiger partial charge in [-0.1, -0.05) is 110 Å². The summed E-state index contributed by atoms with van der Waals surface area (Å²) >= 11 is 0. The zero-order valence-electron chi connectivity index (χ0n) is 35.0. The summed E-state index contributed by atoms with van der Waals surface area (Å²) in [5.41, 5.74) is 1.92. The van der Waals surface area contributed by atoms with Gasteiger partial charge in [-0.25, -0.2) is 4.98 Å². The molecule has 0 radical (unpaired) electrons. The first kappa shape index (κ1) is 38.3. The number of rotatable bonds is 5. The molecule has 2 heterocycles. The van der Waals surface area contributed by atoms with Gasteiger partial charge in [-0.3, -0.25) is 4.57 Å². The van der Waals surface area contributed by atoms with Crippen LogP contribution in [0.4, 0.5) is 26.3 Å². The van der Waals surface area contributed by atoms with Crippen LogP contribution in [0.15, 0.2) is 83.3 Å². The van der Waals surface area contributed by atoms with E-state index in [4.69, 9.17) is 9.40 Å². The van der Waals surface area contributed by atoms with Crippen molar-refractivity contribution in [2.75, 3.05) is 0 Å². The summed E-state index contributed by atoms with van der Waals surface area (Å²) in [4.78, 5) is 5.27. The van der Waals surface area contributed by atoms with E-state index < -0.39 is 52.7 Å². The topological polar surface area (TPSA) is 31.0 Å². The van der Waals surface area contributed by atoms with Gasteiger partial charge in [0.15, 0.2) is 5.41 Å². The van der Waals surface area contributed by atoms with Gasteiger partial charge in [0.1, 0.15) is 17.0 Å². The molecule has 2 aliphatic carbocycles. The van der Waals surface area contributed by atoms with E-state index in [1.807, 2.05) is 76.2 Å². The highest BCUT2D eigenvalue weighted by Gasteiger charge is 2.72. The van der Waals surface area contributed by atoms with Crippen molar-refractivity contribution in [2.24, 2.45) is 21.7 Å². The van der Waals surface area contributed by atoms with Gasteiger partial charge in [-0.15, -0.1) is 0 Å². The second-order valence-electron chi connectivity index (χ2n) is 18.9. The van der Waals surface area contributed by atoms with E-state index in [2.05, 4.69) is 62.6 Å². The van der Waals surface area contributed by atoms with Crippen LogP contribution in [0.2, 0.25) is 0 Å². The highest BCUT2D eigenvalue weighted by molar-refractivity contribution is 6.09. The third-order valence-corrected chi connectivity index (χ3v) is 13.4. The molecule has 0 unspecified atom stereocenters. The van der Waals surface area contributed by atoms with Crippen molar-refractivity contribution in [3.8, 4) is 17.1 Å². The predicted molar refractivity (Wildman–Crippen MR) is 217 cm³/mol. The van der Waals surface area contributed by atoms with Gasteiger partial charge in [0, 0.05) is 12.1 Å². The minimum atomic E-state index is -5.38. The third-order valence-electron chi connectivity index (χ3n) is 13.4. The maximum Gasteiger partial charge on any atom is 0.403 e. The molecule has 0 N–H and O–H groups in total. The average Bonchev–Trinajstić information content (AvgIpc) is 3.71. The Balaban J connectivity index is 1.30. The summed E-state index contributed by atoms with van der Waals surface area (Å²) in [5.74, 6) is -0.498. The number of hydrogen-bond acceptors (Lipinski definition) is 2. The SMILES string of the molecule is [2H]C1(c2cc(C(C)C)c(-n3c(-c4cccc5c4oc4ccccc45)nc4ccccc43)c(C(C)C)c2)C(C)(C)CC2(CCC(C(F)(F)F)(C(F)(F)F)CC2)CC1(C)C. The monoisotopic (exact) mass is 787 g/mol. The fourth-order valence-electron chi connectivity index (χ4n) is 11.4. The Morgan fingerprint density at radius 3 is 1.84 bits per heavy atom. The van der Waals surface area contributed by atoms with Crippen LogP contribution in [0.25, 0.3) is 50.0 Å².